The van der Waals surface area contributed by atoms with Crippen molar-refractivity contribution in [1.82, 2.24) is 15.5 Å². The molecule has 41 heavy (non-hydrogen) atoms. The Bertz CT molecular complexity index is 912. The van der Waals surface area contributed by atoms with Crippen LogP contribution < -0.4 is 16.4 Å². The van der Waals surface area contributed by atoms with Gasteiger partial charge in [-0.05, 0) is 62.8 Å². The first-order chi connectivity index (χ1) is 19.6. The average molecular weight is 575 g/mol. The van der Waals surface area contributed by atoms with Crippen LogP contribution in [0, 0.1) is 25.7 Å². The van der Waals surface area contributed by atoms with E-state index in [2.05, 4.69) is 38.3 Å². The molecule has 3 atom stereocenters. The normalized spacial score (nSPS) is 12.0. The maximum absolute atomic E-state index is 12.1. The van der Waals surface area contributed by atoms with E-state index in [1.807, 2.05) is 58.9 Å². The molecule has 0 radical (unpaired) electrons. The van der Waals surface area contributed by atoms with Crippen LogP contribution in [0.5, 0.6) is 0 Å². The van der Waals surface area contributed by atoms with Crippen molar-refractivity contribution in [1.29, 1.82) is 0 Å². The monoisotopic (exact) mass is 574 g/mol. The SMILES string of the molecule is CC.CCC(C)CNC(=O)C(C)CC(N)CNC(=O)c1cccc(C)c1.CCCN(C=O)CCC.Cc1ccoc1. The Balaban J connectivity index is 0. The number of benzene rings is 1. The van der Waals surface area contributed by atoms with E-state index < -0.39 is 0 Å². The van der Waals surface area contributed by atoms with E-state index in [1.165, 1.54) is 5.56 Å². The molecule has 0 aliphatic rings. The van der Waals surface area contributed by atoms with E-state index in [1.54, 1.807) is 23.5 Å². The van der Waals surface area contributed by atoms with Gasteiger partial charge in [-0.15, -0.1) is 0 Å². The highest BCUT2D eigenvalue weighted by molar-refractivity contribution is 5.94. The summed E-state index contributed by atoms with van der Waals surface area (Å²) in [5.41, 5.74) is 8.90. The van der Waals surface area contributed by atoms with Gasteiger partial charge in [0.2, 0.25) is 12.3 Å². The van der Waals surface area contributed by atoms with Crippen molar-refractivity contribution in [2.45, 2.75) is 94.0 Å². The zero-order valence-corrected chi connectivity index (χ0v) is 27.2. The molecule has 0 saturated carbocycles. The van der Waals surface area contributed by atoms with Crippen molar-refractivity contribution in [3.8, 4) is 0 Å². The van der Waals surface area contributed by atoms with E-state index in [9.17, 15) is 14.4 Å². The summed E-state index contributed by atoms with van der Waals surface area (Å²) in [6.45, 7) is 21.0. The van der Waals surface area contributed by atoms with Gasteiger partial charge in [-0.2, -0.15) is 0 Å². The predicted octanol–water partition coefficient (Wildman–Crippen LogP) is 6.12. The number of nitrogens with two attached hydrogens (primary N) is 1. The van der Waals surface area contributed by atoms with Gasteiger partial charge in [0, 0.05) is 43.7 Å². The third kappa shape index (κ3) is 21.3. The van der Waals surface area contributed by atoms with Crippen LogP contribution in [-0.2, 0) is 9.59 Å². The molecule has 0 bridgehead atoms. The van der Waals surface area contributed by atoms with Gasteiger partial charge in [0.25, 0.3) is 5.91 Å². The molecule has 0 saturated heterocycles. The van der Waals surface area contributed by atoms with Gasteiger partial charge in [-0.25, -0.2) is 0 Å². The van der Waals surface area contributed by atoms with Gasteiger partial charge in [0.15, 0.2) is 0 Å². The van der Waals surface area contributed by atoms with Gasteiger partial charge in [0.1, 0.15) is 0 Å². The first-order valence-electron chi connectivity index (χ1n) is 15.1. The Labute approximate surface area is 249 Å². The summed E-state index contributed by atoms with van der Waals surface area (Å²) >= 11 is 0. The molecule has 8 heteroatoms. The number of amides is 3. The Morgan fingerprint density at radius 3 is 2.05 bits per heavy atom. The lowest BCUT2D eigenvalue weighted by Gasteiger charge is -2.19. The molecule has 0 aliphatic heterocycles. The van der Waals surface area contributed by atoms with E-state index in [4.69, 9.17) is 10.2 Å². The Morgan fingerprint density at radius 2 is 1.61 bits per heavy atom. The van der Waals surface area contributed by atoms with Crippen molar-refractivity contribution < 1.29 is 18.8 Å². The molecular formula is C33H58N4O4. The second kappa shape index (κ2) is 25.8. The summed E-state index contributed by atoms with van der Waals surface area (Å²) in [7, 11) is 0. The summed E-state index contributed by atoms with van der Waals surface area (Å²) in [6, 6.07) is 9.09. The highest BCUT2D eigenvalue weighted by Gasteiger charge is 2.17. The number of rotatable bonds is 14. The second-order valence-electron chi connectivity index (χ2n) is 10.2. The molecular weight excluding hydrogens is 516 g/mol. The topological polar surface area (TPSA) is 118 Å². The van der Waals surface area contributed by atoms with Crippen molar-refractivity contribution in [3.05, 3.63) is 59.5 Å². The number of hydrogen-bond acceptors (Lipinski definition) is 5. The fourth-order valence-electron chi connectivity index (χ4n) is 3.47. The van der Waals surface area contributed by atoms with E-state index in [-0.39, 0.29) is 23.8 Å². The summed E-state index contributed by atoms with van der Waals surface area (Å²) in [4.78, 5) is 36.1. The van der Waals surface area contributed by atoms with Crippen molar-refractivity contribution in [2.75, 3.05) is 26.2 Å². The zero-order chi connectivity index (χ0) is 31.6. The number of carbonyl (C=O) groups is 3. The maximum Gasteiger partial charge on any atom is 0.251 e. The molecule has 0 aliphatic carbocycles. The molecule has 1 heterocycles. The molecule has 8 nitrogen and oxygen atoms in total. The molecule has 2 rings (SSSR count). The molecule has 1 aromatic heterocycles. The van der Waals surface area contributed by atoms with Crippen LogP contribution in [0.2, 0.25) is 0 Å². The molecule has 3 unspecified atom stereocenters. The minimum Gasteiger partial charge on any atom is -0.472 e. The van der Waals surface area contributed by atoms with Gasteiger partial charge in [-0.1, -0.05) is 72.6 Å². The second-order valence-corrected chi connectivity index (χ2v) is 10.2. The van der Waals surface area contributed by atoms with Gasteiger partial charge in [-0.3, -0.25) is 14.4 Å². The largest absolute Gasteiger partial charge is 0.472 e. The number of carbonyl (C=O) groups excluding carboxylic acids is 3. The third-order valence-electron chi connectivity index (χ3n) is 6.06. The highest BCUT2D eigenvalue weighted by atomic mass is 16.3. The van der Waals surface area contributed by atoms with Crippen LogP contribution in [-0.4, -0.2) is 55.3 Å². The van der Waals surface area contributed by atoms with Crippen molar-refractivity contribution >= 4 is 18.2 Å². The quantitative estimate of drug-likeness (QED) is 0.235. The Kier molecular flexibility index (Phi) is 25.2. The van der Waals surface area contributed by atoms with Crippen LogP contribution in [0.15, 0.2) is 47.3 Å². The predicted molar refractivity (Wildman–Crippen MR) is 171 cm³/mol. The highest BCUT2D eigenvalue weighted by Crippen LogP contribution is 2.07. The van der Waals surface area contributed by atoms with E-state index in [0.29, 0.717) is 31.0 Å². The van der Waals surface area contributed by atoms with Gasteiger partial charge in [0.05, 0.1) is 12.5 Å². The Morgan fingerprint density at radius 1 is 0.976 bits per heavy atom. The Hall–Kier alpha value is -3.13. The maximum atomic E-state index is 12.1. The van der Waals surface area contributed by atoms with Gasteiger partial charge < -0.3 is 25.7 Å². The van der Waals surface area contributed by atoms with Gasteiger partial charge >= 0.3 is 0 Å². The number of nitrogens with zero attached hydrogens (tertiary/aromatic N) is 1. The van der Waals surface area contributed by atoms with Crippen molar-refractivity contribution in [2.24, 2.45) is 17.6 Å². The van der Waals surface area contributed by atoms with Crippen LogP contribution in [0.25, 0.3) is 0 Å². The molecule has 2 aromatic rings. The zero-order valence-electron chi connectivity index (χ0n) is 27.2. The fourth-order valence-corrected chi connectivity index (χ4v) is 3.47. The number of nitrogens with one attached hydrogen (secondary N) is 2. The van der Waals surface area contributed by atoms with Crippen LogP contribution in [0.4, 0.5) is 0 Å². The fraction of sp³-hybridized carbons (Fsp3) is 0.606. The van der Waals surface area contributed by atoms with Crippen LogP contribution in [0.3, 0.4) is 0 Å². The number of hydrogen-bond donors (Lipinski definition) is 3. The van der Waals surface area contributed by atoms with E-state index in [0.717, 1.165) is 44.3 Å². The molecule has 234 valence electrons. The molecule has 1 aromatic carbocycles. The van der Waals surface area contributed by atoms with Crippen LogP contribution in [0.1, 0.15) is 95.6 Å². The minimum absolute atomic E-state index is 0.0239. The lowest BCUT2D eigenvalue weighted by atomic mass is 10.0. The number of furan rings is 1. The van der Waals surface area contributed by atoms with Crippen LogP contribution >= 0.6 is 0 Å². The summed E-state index contributed by atoms with van der Waals surface area (Å²) in [5, 5.41) is 5.79. The summed E-state index contributed by atoms with van der Waals surface area (Å²) in [5.74, 6) is 0.196. The average Bonchev–Trinajstić information content (AvgIpc) is 3.46. The standard InChI is InChI=1S/C19H31N3O2.C7H15NO.C5H6O.C2H6/c1-5-13(2)11-21-18(23)15(4)10-17(20)12-22-19(24)16-8-6-7-14(3)9-16;1-3-5-8(7-9)6-4-2;1-5-2-3-6-4-5;1-2/h6-9,13,15,17H,5,10-12,20H2,1-4H3,(H,21,23)(H,22,24);7H,3-6H2,1-2H3;2-4H,1H3;1-2H3. The third-order valence-corrected chi connectivity index (χ3v) is 6.06. The molecule has 0 spiro atoms. The number of aryl methyl sites for hydroxylation is 2. The summed E-state index contributed by atoms with van der Waals surface area (Å²) in [6.07, 6.45) is 7.99. The summed E-state index contributed by atoms with van der Waals surface area (Å²) < 4.78 is 4.71. The molecule has 0 fully saturated rings. The lowest BCUT2D eigenvalue weighted by molar-refractivity contribution is -0.125. The van der Waals surface area contributed by atoms with Crippen molar-refractivity contribution in [3.63, 3.8) is 0 Å². The minimum atomic E-state index is -0.247. The smallest absolute Gasteiger partial charge is 0.251 e. The molecule has 3 amide bonds. The molecule has 4 N–H and O–H groups in total. The van der Waals surface area contributed by atoms with E-state index >= 15 is 0 Å². The lowest BCUT2D eigenvalue weighted by Crippen LogP contribution is -2.41. The first kappa shape index (κ1) is 40.0. The first-order valence-corrected chi connectivity index (χ1v) is 15.1.